The number of carbonyl (C=O) groups is 2. The molecule has 1 aliphatic heterocycles. The zero-order valence-corrected chi connectivity index (χ0v) is 14.6. The molecular formula is C18H16ClNO3S. The van der Waals surface area contributed by atoms with Gasteiger partial charge in [0.2, 0.25) is 0 Å². The van der Waals surface area contributed by atoms with Gasteiger partial charge in [0, 0.05) is 16.3 Å². The minimum Gasteiger partial charge on any atom is -0.480 e. The second-order valence-corrected chi connectivity index (χ2v) is 7.22. The van der Waals surface area contributed by atoms with Gasteiger partial charge in [-0.2, -0.15) is 0 Å². The van der Waals surface area contributed by atoms with Crippen molar-refractivity contribution in [2.75, 3.05) is 5.75 Å². The van der Waals surface area contributed by atoms with Crippen molar-refractivity contribution in [3.8, 4) is 0 Å². The van der Waals surface area contributed by atoms with E-state index in [-0.39, 0.29) is 11.3 Å². The Morgan fingerprint density at radius 3 is 2.54 bits per heavy atom. The molecule has 0 spiro atoms. The highest BCUT2D eigenvalue weighted by atomic mass is 35.5. The lowest BCUT2D eigenvalue weighted by Crippen LogP contribution is -2.42. The van der Waals surface area contributed by atoms with Gasteiger partial charge in [-0.1, -0.05) is 47.5 Å². The fourth-order valence-corrected chi connectivity index (χ4v) is 4.31. The number of amides is 1. The van der Waals surface area contributed by atoms with E-state index >= 15 is 0 Å². The molecular weight excluding hydrogens is 346 g/mol. The Hall–Kier alpha value is -1.98. The van der Waals surface area contributed by atoms with Crippen LogP contribution in [0.15, 0.2) is 48.5 Å². The van der Waals surface area contributed by atoms with Gasteiger partial charge in [-0.25, -0.2) is 4.79 Å². The number of aryl methyl sites for hydroxylation is 1. The quantitative estimate of drug-likeness (QED) is 0.898. The van der Waals surface area contributed by atoms with E-state index in [1.807, 2.05) is 31.2 Å². The van der Waals surface area contributed by atoms with Gasteiger partial charge in [0.15, 0.2) is 0 Å². The molecule has 1 N–H and O–H groups in total. The number of rotatable bonds is 3. The van der Waals surface area contributed by atoms with Crippen LogP contribution in [-0.4, -0.2) is 33.7 Å². The Morgan fingerprint density at radius 2 is 1.92 bits per heavy atom. The number of carboxylic acid groups (broad SMARTS) is 1. The zero-order chi connectivity index (χ0) is 17.3. The summed E-state index contributed by atoms with van der Waals surface area (Å²) in [6, 6.07) is 13.6. The number of carboxylic acids is 1. The lowest BCUT2D eigenvalue weighted by atomic mass is 10.1. The Bertz CT molecular complexity index is 778. The molecule has 0 radical (unpaired) electrons. The average Bonchev–Trinajstić information content (AvgIpc) is 3.00. The molecule has 0 saturated carbocycles. The van der Waals surface area contributed by atoms with Crippen LogP contribution in [0.2, 0.25) is 5.02 Å². The van der Waals surface area contributed by atoms with Crippen LogP contribution < -0.4 is 0 Å². The lowest BCUT2D eigenvalue weighted by Gasteiger charge is -2.28. The molecule has 4 nitrogen and oxygen atoms in total. The number of hydrogen-bond acceptors (Lipinski definition) is 3. The molecule has 1 amide bonds. The van der Waals surface area contributed by atoms with Gasteiger partial charge in [0.05, 0.1) is 0 Å². The highest BCUT2D eigenvalue weighted by Gasteiger charge is 2.42. The summed E-state index contributed by atoms with van der Waals surface area (Å²) in [5.41, 5.74) is 2.43. The summed E-state index contributed by atoms with van der Waals surface area (Å²) in [6.45, 7) is 1.99. The number of aliphatic carboxylic acids is 1. The Balaban J connectivity index is 1.99. The summed E-state index contributed by atoms with van der Waals surface area (Å²) in [6.07, 6.45) is 0. The number of hydrogen-bond donors (Lipinski definition) is 1. The molecule has 0 aromatic heterocycles. The smallest absolute Gasteiger partial charge is 0.327 e. The van der Waals surface area contributed by atoms with E-state index in [0.717, 1.165) is 11.1 Å². The first-order valence-electron chi connectivity index (χ1n) is 7.46. The van der Waals surface area contributed by atoms with Crippen LogP contribution in [0, 0.1) is 6.92 Å². The molecule has 3 rings (SSSR count). The predicted molar refractivity (Wildman–Crippen MR) is 95.4 cm³/mol. The van der Waals surface area contributed by atoms with Crippen molar-refractivity contribution in [3.63, 3.8) is 0 Å². The van der Waals surface area contributed by atoms with Gasteiger partial charge in [-0.05, 0) is 30.7 Å². The van der Waals surface area contributed by atoms with Gasteiger partial charge in [0.1, 0.15) is 11.4 Å². The van der Waals surface area contributed by atoms with E-state index in [2.05, 4.69) is 0 Å². The van der Waals surface area contributed by atoms with Crippen LogP contribution in [-0.2, 0) is 4.79 Å². The van der Waals surface area contributed by atoms with E-state index in [1.54, 1.807) is 24.3 Å². The van der Waals surface area contributed by atoms with Crippen LogP contribution in [0.3, 0.4) is 0 Å². The Labute approximate surface area is 149 Å². The molecule has 2 aromatic rings. The SMILES string of the molecule is Cc1ccc([C@@H]2SC[C@@H](C(=O)O)N2C(=O)c2cccc(Cl)c2)cc1. The standard InChI is InChI=1S/C18H16ClNO3S/c1-11-5-7-12(8-6-11)17-20(15(10-24-17)18(22)23)16(21)13-3-2-4-14(19)9-13/h2-9,15,17H,10H2,1H3,(H,22,23)/t15-,17-/m0/s1. The maximum Gasteiger partial charge on any atom is 0.327 e. The van der Waals surface area contributed by atoms with Crippen molar-refractivity contribution < 1.29 is 14.7 Å². The van der Waals surface area contributed by atoms with E-state index in [4.69, 9.17) is 11.6 Å². The first-order chi connectivity index (χ1) is 11.5. The molecule has 2 atom stereocenters. The van der Waals surface area contributed by atoms with Gasteiger partial charge in [0.25, 0.3) is 5.91 Å². The van der Waals surface area contributed by atoms with E-state index < -0.39 is 12.0 Å². The average molecular weight is 362 g/mol. The largest absolute Gasteiger partial charge is 0.480 e. The molecule has 6 heteroatoms. The van der Waals surface area contributed by atoms with Crippen molar-refractivity contribution >= 4 is 35.2 Å². The van der Waals surface area contributed by atoms with Crippen LogP contribution in [0.4, 0.5) is 0 Å². The summed E-state index contributed by atoms with van der Waals surface area (Å²) in [5, 5.41) is 9.64. The minimum absolute atomic E-state index is 0.319. The van der Waals surface area contributed by atoms with Crippen LogP contribution >= 0.6 is 23.4 Å². The summed E-state index contributed by atoms with van der Waals surface area (Å²) < 4.78 is 0. The van der Waals surface area contributed by atoms with E-state index in [1.165, 1.54) is 16.7 Å². The summed E-state index contributed by atoms with van der Waals surface area (Å²) >= 11 is 7.44. The molecule has 1 fully saturated rings. The fraction of sp³-hybridized carbons (Fsp3) is 0.222. The normalized spacial score (nSPS) is 20.2. The highest BCUT2D eigenvalue weighted by Crippen LogP contribution is 2.42. The van der Waals surface area contributed by atoms with Gasteiger partial charge in [-0.15, -0.1) is 11.8 Å². The second kappa shape index (κ2) is 6.87. The number of thioether (sulfide) groups is 1. The first kappa shape index (κ1) is 16.9. The molecule has 0 unspecified atom stereocenters. The van der Waals surface area contributed by atoms with Crippen molar-refractivity contribution in [1.82, 2.24) is 4.90 Å². The highest BCUT2D eigenvalue weighted by molar-refractivity contribution is 7.99. The van der Waals surface area contributed by atoms with E-state index in [0.29, 0.717) is 16.3 Å². The topological polar surface area (TPSA) is 57.6 Å². The fourth-order valence-electron chi connectivity index (χ4n) is 2.70. The molecule has 24 heavy (non-hydrogen) atoms. The molecule has 1 saturated heterocycles. The zero-order valence-electron chi connectivity index (χ0n) is 13.0. The summed E-state index contributed by atoms with van der Waals surface area (Å²) in [7, 11) is 0. The van der Waals surface area contributed by atoms with Crippen molar-refractivity contribution in [1.29, 1.82) is 0 Å². The molecule has 0 aliphatic carbocycles. The van der Waals surface area contributed by atoms with Crippen molar-refractivity contribution in [2.24, 2.45) is 0 Å². The third kappa shape index (κ3) is 3.28. The first-order valence-corrected chi connectivity index (χ1v) is 8.89. The number of carbonyl (C=O) groups excluding carboxylic acids is 1. The van der Waals surface area contributed by atoms with Gasteiger partial charge >= 0.3 is 5.97 Å². The maximum atomic E-state index is 13.0. The number of benzene rings is 2. The van der Waals surface area contributed by atoms with Crippen molar-refractivity contribution in [3.05, 3.63) is 70.2 Å². The van der Waals surface area contributed by atoms with Crippen LogP contribution in [0.5, 0.6) is 0 Å². The Kier molecular flexibility index (Phi) is 4.83. The second-order valence-electron chi connectivity index (χ2n) is 5.67. The lowest BCUT2D eigenvalue weighted by molar-refractivity contribution is -0.141. The monoisotopic (exact) mass is 361 g/mol. The molecule has 2 aromatic carbocycles. The maximum absolute atomic E-state index is 13.0. The predicted octanol–water partition coefficient (Wildman–Crippen LogP) is 3.99. The molecule has 0 bridgehead atoms. The third-order valence-corrected chi connectivity index (χ3v) is 5.51. The molecule has 1 heterocycles. The van der Waals surface area contributed by atoms with Gasteiger partial charge in [-0.3, -0.25) is 4.79 Å². The van der Waals surface area contributed by atoms with E-state index in [9.17, 15) is 14.7 Å². The molecule has 1 aliphatic rings. The number of nitrogens with zero attached hydrogens (tertiary/aromatic N) is 1. The summed E-state index contributed by atoms with van der Waals surface area (Å²) in [4.78, 5) is 26.0. The summed E-state index contributed by atoms with van der Waals surface area (Å²) in [5.74, 6) is -0.951. The Morgan fingerprint density at radius 1 is 1.21 bits per heavy atom. The van der Waals surface area contributed by atoms with Crippen molar-refractivity contribution in [2.45, 2.75) is 18.3 Å². The van der Waals surface area contributed by atoms with Gasteiger partial charge < -0.3 is 10.0 Å². The molecule has 124 valence electrons. The van der Waals surface area contributed by atoms with Crippen LogP contribution in [0.1, 0.15) is 26.9 Å². The third-order valence-electron chi connectivity index (χ3n) is 3.95. The van der Waals surface area contributed by atoms with Crippen LogP contribution in [0.25, 0.3) is 0 Å². The number of halogens is 1. The minimum atomic E-state index is -0.993.